The minimum Gasteiger partial charge on any atom is -0.378 e. The summed E-state index contributed by atoms with van der Waals surface area (Å²) >= 11 is 0. The van der Waals surface area contributed by atoms with Crippen LogP contribution in [0.4, 0.5) is 4.79 Å². The van der Waals surface area contributed by atoms with E-state index in [1.165, 1.54) is 0 Å². The van der Waals surface area contributed by atoms with E-state index in [1.54, 1.807) is 0 Å². The number of nitrogens with one attached hydrogen (secondary N) is 1. The predicted octanol–water partition coefficient (Wildman–Crippen LogP) is 1.48. The van der Waals surface area contributed by atoms with Gasteiger partial charge in [-0.2, -0.15) is 5.10 Å². The molecule has 0 bridgehead atoms. The summed E-state index contributed by atoms with van der Waals surface area (Å²) in [5, 5.41) is 7.67. The zero-order valence-electron chi connectivity index (χ0n) is 17.5. The Morgan fingerprint density at radius 1 is 1.10 bits per heavy atom. The van der Waals surface area contributed by atoms with Gasteiger partial charge in [0, 0.05) is 63.7 Å². The van der Waals surface area contributed by atoms with Crippen molar-refractivity contribution in [2.75, 3.05) is 32.8 Å². The third-order valence-corrected chi connectivity index (χ3v) is 5.84. The quantitative estimate of drug-likeness (QED) is 0.808. The molecule has 0 aliphatic carbocycles. The fraction of sp³-hybridized carbons (Fsp3) is 0.500. The highest BCUT2D eigenvalue weighted by molar-refractivity contribution is 5.76. The lowest BCUT2D eigenvalue weighted by Crippen LogP contribution is -2.42. The second-order valence-electron chi connectivity index (χ2n) is 7.80. The summed E-state index contributed by atoms with van der Waals surface area (Å²) in [7, 11) is 1.94. The first-order chi connectivity index (χ1) is 14.6. The molecule has 8 heteroatoms. The van der Waals surface area contributed by atoms with Crippen LogP contribution in [0, 0.1) is 0 Å². The summed E-state index contributed by atoms with van der Waals surface area (Å²) < 4.78 is 7.23. The number of morpholine rings is 1. The highest BCUT2D eigenvalue weighted by atomic mass is 16.5. The average Bonchev–Trinajstić information content (AvgIpc) is 3.12. The second kappa shape index (κ2) is 9.30. The van der Waals surface area contributed by atoms with E-state index in [2.05, 4.69) is 10.4 Å². The van der Waals surface area contributed by atoms with Crippen LogP contribution in [0.3, 0.4) is 0 Å². The van der Waals surface area contributed by atoms with Gasteiger partial charge in [0.15, 0.2) is 0 Å². The first kappa shape index (κ1) is 20.4. The Morgan fingerprint density at radius 2 is 1.87 bits per heavy atom. The van der Waals surface area contributed by atoms with E-state index in [1.807, 2.05) is 51.9 Å². The Bertz CT molecular complexity index is 890. The summed E-state index contributed by atoms with van der Waals surface area (Å²) in [6.07, 6.45) is 1.80. The van der Waals surface area contributed by atoms with Crippen molar-refractivity contribution in [1.82, 2.24) is 24.9 Å². The maximum atomic E-state index is 12.7. The molecule has 1 aromatic heterocycles. The Balaban J connectivity index is 1.36. The summed E-state index contributed by atoms with van der Waals surface area (Å²) in [4.78, 5) is 28.9. The minimum absolute atomic E-state index is 0.0660. The van der Waals surface area contributed by atoms with E-state index < -0.39 is 0 Å². The summed E-state index contributed by atoms with van der Waals surface area (Å²) in [5.74, 6) is 0.144. The lowest BCUT2D eigenvalue weighted by atomic mass is 10.0. The van der Waals surface area contributed by atoms with Crippen molar-refractivity contribution in [2.45, 2.75) is 32.4 Å². The number of aromatic nitrogens is 2. The van der Waals surface area contributed by atoms with Crippen molar-refractivity contribution in [2.24, 2.45) is 7.05 Å². The number of fused-ring (bicyclic) bond motifs is 1. The Hall–Kier alpha value is -2.87. The van der Waals surface area contributed by atoms with Gasteiger partial charge in [-0.3, -0.25) is 9.48 Å². The Morgan fingerprint density at radius 3 is 2.63 bits per heavy atom. The van der Waals surface area contributed by atoms with Crippen molar-refractivity contribution >= 4 is 11.9 Å². The molecule has 3 amide bonds. The van der Waals surface area contributed by atoms with Crippen LogP contribution in [0.5, 0.6) is 0 Å². The Kier molecular flexibility index (Phi) is 6.32. The highest BCUT2D eigenvalue weighted by Crippen LogP contribution is 2.23. The van der Waals surface area contributed by atoms with Gasteiger partial charge >= 0.3 is 6.03 Å². The van der Waals surface area contributed by atoms with Gasteiger partial charge in [0.1, 0.15) is 0 Å². The van der Waals surface area contributed by atoms with Crippen LogP contribution >= 0.6 is 0 Å². The van der Waals surface area contributed by atoms with Gasteiger partial charge < -0.3 is 19.9 Å². The summed E-state index contributed by atoms with van der Waals surface area (Å²) in [5.41, 5.74) is 4.26. The van der Waals surface area contributed by atoms with Gasteiger partial charge in [-0.1, -0.05) is 30.3 Å². The molecule has 1 fully saturated rings. The van der Waals surface area contributed by atoms with Crippen molar-refractivity contribution in [3.05, 3.63) is 52.8 Å². The molecule has 0 radical (unpaired) electrons. The number of ether oxygens (including phenoxy) is 1. The molecule has 30 heavy (non-hydrogen) atoms. The van der Waals surface area contributed by atoms with Gasteiger partial charge in [0.2, 0.25) is 5.91 Å². The first-order valence-corrected chi connectivity index (χ1v) is 10.6. The number of urea groups is 1. The summed E-state index contributed by atoms with van der Waals surface area (Å²) in [6, 6.07) is 9.83. The maximum Gasteiger partial charge on any atom is 0.317 e. The highest BCUT2D eigenvalue weighted by Gasteiger charge is 2.27. The van der Waals surface area contributed by atoms with E-state index in [0.29, 0.717) is 58.8 Å². The number of rotatable bonds is 5. The van der Waals surface area contributed by atoms with Crippen LogP contribution < -0.4 is 5.32 Å². The van der Waals surface area contributed by atoms with Gasteiger partial charge in [-0.15, -0.1) is 0 Å². The van der Waals surface area contributed by atoms with Crippen LogP contribution in [-0.4, -0.2) is 64.4 Å². The molecule has 8 nitrogen and oxygen atoms in total. The van der Waals surface area contributed by atoms with E-state index in [9.17, 15) is 9.59 Å². The number of carbonyl (C=O) groups excluding carboxylic acids is 2. The number of amides is 3. The van der Waals surface area contributed by atoms with Crippen molar-refractivity contribution in [1.29, 1.82) is 0 Å². The third kappa shape index (κ3) is 4.64. The van der Waals surface area contributed by atoms with E-state index in [0.717, 1.165) is 28.9 Å². The van der Waals surface area contributed by atoms with Gasteiger partial charge in [-0.25, -0.2) is 4.79 Å². The number of hydrogen-bond acceptors (Lipinski definition) is 4. The number of aryl methyl sites for hydroxylation is 2. The molecule has 3 heterocycles. The van der Waals surface area contributed by atoms with Crippen LogP contribution in [-0.2, 0) is 42.5 Å². The number of nitrogens with zero attached hydrogens (tertiary/aromatic N) is 4. The molecule has 1 aromatic carbocycles. The largest absolute Gasteiger partial charge is 0.378 e. The molecule has 160 valence electrons. The molecule has 2 aromatic rings. The molecular weight excluding hydrogens is 382 g/mol. The standard InChI is InChI=1S/C22H29N5O3/c1-25-20-9-10-27(22(29)23-15-17-5-3-2-4-6-17)16-18(20)19(24-25)7-8-21(28)26-11-13-30-14-12-26/h2-6H,7-16H2,1H3,(H,23,29). The monoisotopic (exact) mass is 411 g/mol. The topological polar surface area (TPSA) is 79.7 Å². The zero-order valence-corrected chi connectivity index (χ0v) is 17.5. The predicted molar refractivity (Wildman–Crippen MR) is 112 cm³/mol. The molecule has 0 atom stereocenters. The van der Waals surface area contributed by atoms with E-state index in [4.69, 9.17) is 4.74 Å². The first-order valence-electron chi connectivity index (χ1n) is 10.6. The Labute approximate surface area is 176 Å². The minimum atomic E-state index is -0.0660. The fourth-order valence-electron chi connectivity index (χ4n) is 4.13. The molecule has 0 unspecified atom stereocenters. The molecule has 0 saturated carbocycles. The molecule has 0 spiro atoms. The lowest BCUT2D eigenvalue weighted by molar-refractivity contribution is -0.135. The third-order valence-electron chi connectivity index (χ3n) is 5.84. The number of benzene rings is 1. The van der Waals surface area contributed by atoms with Crippen molar-refractivity contribution in [3.8, 4) is 0 Å². The molecule has 1 N–H and O–H groups in total. The van der Waals surface area contributed by atoms with Crippen LogP contribution in [0.2, 0.25) is 0 Å². The van der Waals surface area contributed by atoms with E-state index in [-0.39, 0.29) is 11.9 Å². The molecule has 4 rings (SSSR count). The molecule has 2 aliphatic rings. The second-order valence-corrected chi connectivity index (χ2v) is 7.80. The van der Waals surface area contributed by atoms with Gasteiger partial charge in [-0.05, 0) is 5.56 Å². The lowest BCUT2D eigenvalue weighted by Gasteiger charge is -2.28. The zero-order chi connectivity index (χ0) is 20.9. The van der Waals surface area contributed by atoms with Gasteiger partial charge in [0.25, 0.3) is 0 Å². The fourth-order valence-corrected chi connectivity index (χ4v) is 4.13. The number of hydrogen-bond donors (Lipinski definition) is 1. The van der Waals surface area contributed by atoms with E-state index >= 15 is 0 Å². The van der Waals surface area contributed by atoms with Crippen molar-refractivity contribution < 1.29 is 14.3 Å². The molecular formula is C22H29N5O3. The van der Waals surface area contributed by atoms with Crippen LogP contribution in [0.25, 0.3) is 0 Å². The molecule has 2 aliphatic heterocycles. The number of carbonyl (C=O) groups is 2. The molecule has 1 saturated heterocycles. The summed E-state index contributed by atoms with van der Waals surface area (Å²) in [6.45, 7) is 4.25. The SMILES string of the molecule is Cn1nc(CCC(=O)N2CCOCC2)c2c1CCN(C(=O)NCc1ccccc1)C2. The maximum absolute atomic E-state index is 12.7. The van der Waals surface area contributed by atoms with Crippen molar-refractivity contribution in [3.63, 3.8) is 0 Å². The van der Waals surface area contributed by atoms with Gasteiger partial charge in [0.05, 0.1) is 25.5 Å². The smallest absolute Gasteiger partial charge is 0.317 e. The average molecular weight is 412 g/mol. The van der Waals surface area contributed by atoms with Crippen LogP contribution in [0.15, 0.2) is 30.3 Å². The van der Waals surface area contributed by atoms with Crippen LogP contribution in [0.1, 0.15) is 28.9 Å². The normalized spacial score (nSPS) is 16.3.